The zero-order valence-electron chi connectivity index (χ0n) is 12.3. The van der Waals surface area contributed by atoms with Crippen molar-refractivity contribution in [3.05, 3.63) is 29.3 Å². The predicted octanol–water partition coefficient (Wildman–Crippen LogP) is 1.29. The van der Waals surface area contributed by atoms with Gasteiger partial charge in [-0.25, -0.2) is 8.42 Å². The number of nitriles is 1. The van der Waals surface area contributed by atoms with Crippen LogP contribution in [0.1, 0.15) is 17.5 Å². The molecule has 1 rings (SSSR count). The van der Waals surface area contributed by atoms with Gasteiger partial charge in [0.05, 0.1) is 22.9 Å². The molecule has 1 aromatic rings. The van der Waals surface area contributed by atoms with E-state index in [1.807, 2.05) is 0 Å². The van der Waals surface area contributed by atoms with E-state index in [1.165, 1.54) is 19.1 Å². The van der Waals surface area contributed by atoms with E-state index in [0.717, 1.165) is 13.1 Å². The molecule has 0 heterocycles. The van der Waals surface area contributed by atoms with Crippen molar-refractivity contribution in [2.75, 3.05) is 7.05 Å². The molecule has 0 saturated heterocycles. The van der Waals surface area contributed by atoms with Gasteiger partial charge in [-0.1, -0.05) is 6.07 Å². The molecule has 126 valence electrons. The van der Waals surface area contributed by atoms with Crippen molar-refractivity contribution in [3.8, 4) is 6.07 Å². The molecule has 1 atom stereocenters. The standard InChI is InChI=1S/C13H14F3N3O3S/c1-8-3-4-9(7-17)5-10(8)23(21,22)19(2)11(6-12(18)20)13(14,15)16/h3-5,11H,6H2,1-2H3,(H2,18,20). The Hall–Kier alpha value is -2.12. The van der Waals surface area contributed by atoms with Gasteiger partial charge in [0.1, 0.15) is 6.04 Å². The van der Waals surface area contributed by atoms with Crippen molar-refractivity contribution in [1.29, 1.82) is 5.26 Å². The Morgan fingerprint density at radius 1 is 1.43 bits per heavy atom. The summed E-state index contributed by atoms with van der Waals surface area (Å²) in [5, 5.41) is 8.82. The number of amides is 1. The molecule has 23 heavy (non-hydrogen) atoms. The number of benzene rings is 1. The van der Waals surface area contributed by atoms with E-state index in [-0.39, 0.29) is 15.4 Å². The molecule has 1 amide bonds. The quantitative estimate of drug-likeness (QED) is 0.865. The minimum Gasteiger partial charge on any atom is -0.370 e. The van der Waals surface area contributed by atoms with Crippen molar-refractivity contribution in [2.24, 2.45) is 5.73 Å². The highest BCUT2D eigenvalue weighted by Crippen LogP contribution is 2.31. The Morgan fingerprint density at radius 2 is 2.00 bits per heavy atom. The number of hydrogen-bond donors (Lipinski definition) is 1. The average Bonchev–Trinajstić information content (AvgIpc) is 2.43. The topological polar surface area (TPSA) is 104 Å². The van der Waals surface area contributed by atoms with Gasteiger partial charge in [-0.15, -0.1) is 0 Å². The fraction of sp³-hybridized carbons (Fsp3) is 0.385. The highest BCUT2D eigenvalue weighted by molar-refractivity contribution is 7.89. The maximum Gasteiger partial charge on any atom is 0.405 e. The summed E-state index contributed by atoms with van der Waals surface area (Å²) in [6, 6.07) is 2.78. The normalized spacial score (nSPS) is 13.6. The molecule has 10 heteroatoms. The van der Waals surface area contributed by atoms with Gasteiger partial charge < -0.3 is 5.73 Å². The molecule has 0 fully saturated rings. The lowest BCUT2D eigenvalue weighted by atomic mass is 10.2. The first-order chi connectivity index (χ1) is 10.4. The van der Waals surface area contributed by atoms with E-state index in [0.29, 0.717) is 0 Å². The number of carbonyl (C=O) groups is 1. The lowest BCUT2D eigenvalue weighted by molar-refractivity contribution is -0.172. The van der Waals surface area contributed by atoms with E-state index in [2.05, 4.69) is 0 Å². The predicted molar refractivity (Wildman–Crippen MR) is 74.5 cm³/mol. The summed E-state index contributed by atoms with van der Waals surface area (Å²) >= 11 is 0. The third kappa shape index (κ3) is 4.20. The highest BCUT2D eigenvalue weighted by Gasteiger charge is 2.47. The van der Waals surface area contributed by atoms with E-state index < -0.39 is 39.5 Å². The van der Waals surface area contributed by atoms with Crippen LogP contribution in [0, 0.1) is 18.3 Å². The molecule has 1 unspecified atom stereocenters. The first kappa shape index (κ1) is 18.9. The average molecular weight is 349 g/mol. The van der Waals surface area contributed by atoms with Crippen molar-refractivity contribution >= 4 is 15.9 Å². The third-order valence-electron chi connectivity index (χ3n) is 3.19. The second kappa shape index (κ2) is 6.55. The molecule has 0 aliphatic rings. The summed E-state index contributed by atoms with van der Waals surface area (Å²) in [5.74, 6) is -1.28. The van der Waals surface area contributed by atoms with Crippen LogP contribution < -0.4 is 5.73 Å². The van der Waals surface area contributed by atoms with E-state index in [9.17, 15) is 26.4 Å². The van der Waals surface area contributed by atoms with Crippen LogP contribution in [-0.2, 0) is 14.8 Å². The monoisotopic (exact) mass is 349 g/mol. The Kier molecular flexibility index (Phi) is 5.39. The molecule has 0 aliphatic heterocycles. The SMILES string of the molecule is Cc1ccc(C#N)cc1S(=O)(=O)N(C)C(CC(N)=O)C(F)(F)F. The van der Waals surface area contributed by atoms with Crippen LogP contribution >= 0.6 is 0 Å². The van der Waals surface area contributed by atoms with Gasteiger partial charge in [0, 0.05) is 7.05 Å². The van der Waals surface area contributed by atoms with E-state index in [4.69, 9.17) is 11.0 Å². The maximum atomic E-state index is 13.1. The lowest BCUT2D eigenvalue weighted by Crippen LogP contribution is -2.48. The van der Waals surface area contributed by atoms with E-state index >= 15 is 0 Å². The number of carbonyl (C=O) groups excluding carboxylic acids is 1. The van der Waals surface area contributed by atoms with Crippen LogP contribution in [0.5, 0.6) is 0 Å². The molecule has 0 spiro atoms. The summed E-state index contributed by atoms with van der Waals surface area (Å²) in [7, 11) is -3.86. The minimum atomic E-state index is -4.97. The Labute approximate surface area is 131 Å². The van der Waals surface area contributed by atoms with Gasteiger partial charge in [0.15, 0.2) is 0 Å². The number of nitrogens with zero attached hydrogens (tertiary/aromatic N) is 2. The second-order valence-electron chi connectivity index (χ2n) is 4.84. The number of hydrogen-bond acceptors (Lipinski definition) is 4. The molecular formula is C13H14F3N3O3S. The van der Waals surface area contributed by atoms with Crippen molar-refractivity contribution in [2.45, 2.75) is 30.5 Å². The summed E-state index contributed by atoms with van der Waals surface area (Å²) in [4.78, 5) is 10.4. The van der Waals surface area contributed by atoms with Crippen LogP contribution in [0.3, 0.4) is 0 Å². The van der Waals surface area contributed by atoms with Gasteiger partial charge in [0.25, 0.3) is 0 Å². The molecule has 2 N–H and O–H groups in total. The minimum absolute atomic E-state index is 0.0129. The Bertz CT molecular complexity index is 754. The molecule has 1 aromatic carbocycles. The summed E-state index contributed by atoms with van der Waals surface area (Å²) in [6.45, 7) is 1.39. The van der Waals surface area contributed by atoms with Crippen molar-refractivity contribution in [3.63, 3.8) is 0 Å². The second-order valence-corrected chi connectivity index (χ2v) is 6.81. The summed E-state index contributed by atoms with van der Waals surface area (Å²) in [5.41, 5.74) is 4.95. The molecule has 0 radical (unpaired) electrons. The van der Waals surface area contributed by atoms with Crippen molar-refractivity contribution < 1.29 is 26.4 Å². The van der Waals surface area contributed by atoms with Crippen LogP contribution in [-0.4, -0.2) is 37.9 Å². The van der Waals surface area contributed by atoms with Crippen LogP contribution in [0.4, 0.5) is 13.2 Å². The number of aryl methyl sites for hydroxylation is 1. The number of alkyl halides is 3. The van der Waals surface area contributed by atoms with Crippen LogP contribution in [0.25, 0.3) is 0 Å². The molecule has 0 aromatic heterocycles. The zero-order chi connectivity index (χ0) is 18.0. The van der Waals surface area contributed by atoms with Gasteiger partial charge in [-0.2, -0.15) is 22.7 Å². The maximum absolute atomic E-state index is 13.1. The number of primary amides is 1. The summed E-state index contributed by atoms with van der Waals surface area (Å²) < 4.78 is 64.1. The number of sulfonamides is 1. The molecular weight excluding hydrogens is 335 g/mol. The zero-order valence-corrected chi connectivity index (χ0v) is 13.1. The first-order valence-electron chi connectivity index (χ1n) is 6.25. The van der Waals surface area contributed by atoms with E-state index in [1.54, 1.807) is 6.07 Å². The molecule has 0 bridgehead atoms. The number of nitrogens with two attached hydrogens (primary N) is 1. The Balaban J connectivity index is 3.41. The molecule has 0 saturated carbocycles. The molecule has 6 nitrogen and oxygen atoms in total. The first-order valence-corrected chi connectivity index (χ1v) is 7.69. The van der Waals surface area contributed by atoms with Gasteiger partial charge >= 0.3 is 6.18 Å². The van der Waals surface area contributed by atoms with Crippen LogP contribution in [0.2, 0.25) is 0 Å². The smallest absolute Gasteiger partial charge is 0.370 e. The third-order valence-corrected chi connectivity index (χ3v) is 5.19. The Morgan fingerprint density at radius 3 is 2.43 bits per heavy atom. The number of halogens is 3. The van der Waals surface area contributed by atoms with Gasteiger partial charge in [-0.05, 0) is 24.6 Å². The largest absolute Gasteiger partial charge is 0.405 e. The highest BCUT2D eigenvalue weighted by atomic mass is 32.2. The fourth-order valence-corrected chi connectivity index (χ4v) is 3.50. The van der Waals surface area contributed by atoms with Gasteiger partial charge in [0.2, 0.25) is 15.9 Å². The molecule has 0 aliphatic carbocycles. The summed E-state index contributed by atoms with van der Waals surface area (Å²) in [6.07, 6.45) is -6.17. The van der Waals surface area contributed by atoms with Gasteiger partial charge in [-0.3, -0.25) is 4.79 Å². The fourth-order valence-electron chi connectivity index (χ4n) is 1.91. The number of rotatable bonds is 5. The van der Waals surface area contributed by atoms with Crippen molar-refractivity contribution in [1.82, 2.24) is 4.31 Å². The van der Waals surface area contributed by atoms with Crippen LogP contribution in [0.15, 0.2) is 23.1 Å². The lowest BCUT2D eigenvalue weighted by Gasteiger charge is -2.28.